The number of nitrogens with zero attached hydrogens (tertiary/aromatic N) is 4. The average molecular weight is 245 g/mol. The van der Waals surface area contributed by atoms with Gasteiger partial charge in [0.15, 0.2) is 5.65 Å². The number of anilines is 1. The van der Waals surface area contributed by atoms with Crippen molar-refractivity contribution < 1.29 is 0 Å². The summed E-state index contributed by atoms with van der Waals surface area (Å²) >= 11 is 1.62. The van der Waals surface area contributed by atoms with Crippen molar-refractivity contribution in [2.45, 2.75) is 13.5 Å². The topological polar surface area (TPSA) is 55.1 Å². The Balaban J connectivity index is 1.84. The van der Waals surface area contributed by atoms with E-state index in [2.05, 4.69) is 20.4 Å². The maximum absolute atomic E-state index is 4.44. The fraction of sp³-hybridized carbons (Fsp3) is 0.182. The van der Waals surface area contributed by atoms with Crippen LogP contribution < -0.4 is 5.32 Å². The standard InChI is InChI=1S/C11H11N5S/c1-8-3-2-4-16-10(8)14-11(15-16)13-6-9-5-12-7-17-9/h2-5,7H,6H2,1H3,(H,13,15). The van der Waals surface area contributed by atoms with Gasteiger partial charge in [-0.25, -0.2) is 4.52 Å². The molecule has 3 aromatic heterocycles. The lowest BCUT2D eigenvalue weighted by molar-refractivity contribution is 0.948. The van der Waals surface area contributed by atoms with Crippen LogP contribution in [0.2, 0.25) is 0 Å². The van der Waals surface area contributed by atoms with Crippen molar-refractivity contribution in [1.82, 2.24) is 19.6 Å². The first-order chi connectivity index (χ1) is 8.33. The molecule has 0 aliphatic rings. The maximum atomic E-state index is 4.44. The lowest BCUT2D eigenvalue weighted by atomic mass is 10.3. The smallest absolute Gasteiger partial charge is 0.243 e. The monoisotopic (exact) mass is 245 g/mol. The van der Waals surface area contributed by atoms with Gasteiger partial charge in [0.05, 0.1) is 12.1 Å². The van der Waals surface area contributed by atoms with Crippen LogP contribution in [0.4, 0.5) is 5.95 Å². The highest BCUT2D eigenvalue weighted by atomic mass is 32.1. The second-order valence-electron chi connectivity index (χ2n) is 3.72. The second-order valence-corrected chi connectivity index (χ2v) is 4.69. The molecule has 3 aromatic rings. The molecule has 0 radical (unpaired) electrons. The summed E-state index contributed by atoms with van der Waals surface area (Å²) in [6.07, 6.45) is 3.74. The summed E-state index contributed by atoms with van der Waals surface area (Å²) in [5.41, 5.74) is 3.82. The molecule has 0 fully saturated rings. The van der Waals surface area contributed by atoms with E-state index in [1.54, 1.807) is 15.9 Å². The van der Waals surface area contributed by atoms with Gasteiger partial charge in [-0.2, -0.15) is 4.98 Å². The van der Waals surface area contributed by atoms with E-state index in [4.69, 9.17) is 0 Å². The molecule has 0 aliphatic carbocycles. The molecule has 5 nitrogen and oxygen atoms in total. The Morgan fingerprint density at radius 2 is 2.41 bits per heavy atom. The molecule has 0 saturated carbocycles. The highest BCUT2D eigenvalue weighted by molar-refractivity contribution is 7.09. The van der Waals surface area contributed by atoms with Gasteiger partial charge < -0.3 is 5.32 Å². The largest absolute Gasteiger partial charge is 0.348 e. The van der Waals surface area contributed by atoms with E-state index in [-0.39, 0.29) is 0 Å². The summed E-state index contributed by atoms with van der Waals surface area (Å²) < 4.78 is 1.78. The third kappa shape index (κ3) is 1.99. The molecule has 3 heterocycles. The molecule has 17 heavy (non-hydrogen) atoms. The van der Waals surface area contributed by atoms with Crippen LogP contribution in [-0.2, 0) is 6.54 Å². The van der Waals surface area contributed by atoms with Gasteiger partial charge in [0, 0.05) is 17.3 Å². The van der Waals surface area contributed by atoms with Crippen LogP contribution >= 0.6 is 11.3 Å². The molecule has 3 rings (SSSR count). The number of hydrogen-bond donors (Lipinski definition) is 1. The van der Waals surface area contributed by atoms with Gasteiger partial charge >= 0.3 is 0 Å². The molecular formula is C11H11N5S. The zero-order valence-electron chi connectivity index (χ0n) is 9.29. The highest BCUT2D eigenvalue weighted by Crippen LogP contribution is 2.12. The molecule has 1 N–H and O–H groups in total. The van der Waals surface area contributed by atoms with Gasteiger partial charge in [-0.1, -0.05) is 6.07 Å². The van der Waals surface area contributed by atoms with Crippen LogP contribution in [0.1, 0.15) is 10.4 Å². The Kier molecular flexibility index (Phi) is 2.49. The Labute approximate surface area is 102 Å². The molecule has 0 aliphatic heterocycles. The average Bonchev–Trinajstić information content (AvgIpc) is 2.95. The van der Waals surface area contributed by atoms with E-state index in [1.807, 2.05) is 37.0 Å². The molecule has 0 saturated heterocycles. The summed E-state index contributed by atoms with van der Waals surface area (Å²) in [7, 11) is 0. The van der Waals surface area contributed by atoms with Crippen LogP contribution in [0.25, 0.3) is 5.65 Å². The van der Waals surface area contributed by atoms with Gasteiger partial charge in [0.2, 0.25) is 5.95 Å². The molecule has 0 amide bonds. The number of nitrogens with one attached hydrogen (secondary N) is 1. The SMILES string of the molecule is Cc1cccn2nc(NCc3cncs3)nc12. The van der Waals surface area contributed by atoms with Crippen LogP contribution in [0.15, 0.2) is 30.0 Å². The van der Waals surface area contributed by atoms with Crippen molar-refractivity contribution in [3.8, 4) is 0 Å². The number of fused-ring (bicyclic) bond motifs is 1. The Bertz CT molecular complexity index is 628. The summed E-state index contributed by atoms with van der Waals surface area (Å²) in [5.74, 6) is 0.646. The number of aromatic nitrogens is 4. The Morgan fingerprint density at radius 1 is 1.47 bits per heavy atom. The summed E-state index contributed by atoms with van der Waals surface area (Å²) in [4.78, 5) is 9.63. The fourth-order valence-corrected chi connectivity index (χ4v) is 2.14. The molecule has 0 bridgehead atoms. The van der Waals surface area contributed by atoms with Gasteiger partial charge in [-0.15, -0.1) is 16.4 Å². The number of aryl methyl sites for hydroxylation is 1. The van der Waals surface area contributed by atoms with Crippen molar-refractivity contribution in [2.24, 2.45) is 0 Å². The zero-order valence-corrected chi connectivity index (χ0v) is 10.1. The predicted molar refractivity (Wildman–Crippen MR) is 67.2 cm³/mol. The summed E-state index contributed by atoms with van der Waals surface area (Å²) in [6.45, 7) is 2.73. The molecule has 0 aromatic carbocycles. The van der Waals surface area contributed by atoms with Crippen molar-refractivity contribution in [3.63, 3.8) is 0 Å². The lowest BCUT2D eigenvalue weighted by Crippen LogP contribution is -1.99. The van der Waals surface area contributed by atoms with Crippen molar-refractivity contribution >= 4 is 22.9 Å². The minimum atomic E-state index is 0.646. The van der Waals surface area contributed by atoms with Crippen molar-refractivity contribution in [3.05, 3.63) is 40.5 Å². The van der Waals surface area contributed by atoms with E-state index < -0.39 is 0 Å². The normalized spacial score (nSPS) is 10.9. The highest BCUT2D eigenvalue weighted by Gasteiger charge is 2.04. The first-order valence-electron chi connectivity index (χ1n) is 5.26. The molecular weight excluding hydrogens is 234 g/mol. The Morgan fingerprint density at radius 3 is 3.18 bits per heavy atom. The van der Waals surface area contributed by atoms with Gasteiger partial charge in [-0.3, -0.25) is 4.98 Å². The first kappa shape index (κ1) is 10.2. The van der Waals surface area contributed by atoms with Crippen molar-refractivity contribution in [1.29, 1.82) is 0 Å². The number of thiazole rings is 1. The zero-order chi connectivity index (χ0) is 11.7. The number of pyridine rings is 1. The van der Waals surface area contributed by atoms with Crippen molar-refractivity contribution in [2.75, 3.05) is 5.32 Å². The van der Waals surface area contributed by atoms with E-state index in [0.717, 1.165) is 11.2 Å². The lowest BCUT2D eigenvalue weighted by Gasteiger charge is -1.96. The van der Waals surface area contributed by atoms with E-state index >= 15 is 0 Å². The molecule has 6 heteroatoms. The minimum Gasteiger partial charge on any atom is -0.348 e. The minimum absolute atomic E-state index is 0.646. The van der Waals surface area contributed by atoms with Crippen LogP contribution in [0, 0.1) is 6.92 Å². The van der Waals surface area contributed by atoms with Crippen LogP contribution in [0.5, 0.6) is 0 Å². The van der Waals surface area contributed by atoms with E-state index in [1.165, 1.54) is 4.88 Å². The van der Waals surface area contributed by atoms with Crippen LogP contribution in [0.3, 0.4) is 0 Å². The van der Waals surface area contributed by atoms with Gasteiger partial charge in [-0.05, 0) is 18.6 Å². The predicted octanol–water partition coefficient (Wildman–Crippen LogP) is 2.11. The fourth-order valence-electron chi connectivity index (χ4n) is 1.61. The van der Waals surface area contributed by atoms with Crippen LogP contribution in [-0.4, -0.2) is 19.6 Å². The molecule has 86 valence electrons. The third-order valence-electron chi connectivity index (χ3n) is 2.46. The third-order valence-corrected chi connectivity index (χ3v) is 3.24. The van der Waals surface area contributed by atoms with E-state index in [9.17, 15) is 0 Å². The number of hydrogen-bond acceptors (Lipinski definition) is 5. The maximum Gasteiger partial charge on any atom is 0.243 e. The second kappa shape index (κ2) is 4.14. The quantitative estimate of drug-likeness (QED) is 0.767. The summed E-state index contributed by atoms with van der Waals surface area (Å²) in [5, 5.41) is 7.54. The van der Waals surface area contributed by atoms with Gasteiger partial charge in [0.1, 0.15) is 0 Å². The summed E-state index contributed by atoms with van der Waals surface area (Å²) in [6, 6.07) is 3.99. The van der Waals surface area contributed by atoms with E-state index in [0.29, 0.717) is 12.5 Å². The molecule has 0 atom stereocenters. The van der Waals surface area contributed by atoms with Gasteiger partial charge in [0.25, 0.3) is 0 Å². The first-order valence-corrected chi connectivity index (χ1v) is 6.14. The molecule has 0 spiro atoms. The molecule has 0 unspecified atom stereocenters. The Hall–Kier alpha value is -1.95. The number of rotatable bonds is 3.